The molecule has 0 radical (unpaired) electrons. The highest BCUT2D eigenvalue weighted by Crippen LogP contribution is 2.30. The minimum atomic E-state index is 0.606. The molecule has 0 saturated carbocycles. The minimum Gasteiger partial charge on any atom is -0.326 e. The van der Waals surface area contributed by atoms with Gasteiger partial charge in [-0.05, 0) is 34.7 Å². The van der Waals surface area contributed by atoms with Crippen LogP contribution in [0.3, 0.4) is 0 Å². The Bertz CT molecular complexity index is 419. The van der Waals surface area contributed by atoms with Gasteiger partial charge in [0.15, 0.2) is 0 Å². The lowest BCUT2D eigenvalue weighted by molar-refractivity contribution is 1.08. The number of rotatable bonds is 2. The van der Waals surface area contributed by atoms with Crippen molar-refractivity contribution in [2.45, 2.75) is 6.54 Å². The highest BCUT2D eigenvalue weighted by Gasteiger charge is 2.04. The van der Waals surface area contributed by atoms with Gasteiger partial charge in [0.05, 0.1) is 0 Å². The molecule has 72 valence electrons. The van der Waals surface area contributed by atoms with Crippen molar-refractivity contribution in [1.29, 1.82) is 0 Å². The van der Waals surface area contributed by atoms with E-state index in [1.165, 1.54) is 16.0 Å². The van der Waals surface area contributed by atoms with E-state index in [9.17, 15) is 0 Å². The second-order valence-electron chi connectivity index (χ2n) is 2.99. The van der Waals surface area contributed by atoms with Crippen molar-refractivity contribution in [3.05, 3.63) is 45.7 Å². The lowest BCUT2D eigenvalue weighted by Crippen LogP contribution is -1.95. The molecule has 1 heterocycles. The van der Waals surface area contributed by atoms with Crippen LogP contribution in [0.1, 0.15) is 5.56 Å². The molecule has 1 aromatic heterocycles. The SMILES string of the molecule is NCc1ccsc1-c1ccc(Br)cc1. The van der Waals surface area contributed by atoms with E-state index < -0.39 is 0 Å². The number of thiophene rings is 1. The molecule has 2 aromatic rings. The predicted molar refractivity (Wildman–Crippen MR) is 65.3 cm³/mol. The number of benzene rings is 1. The van der Waals surface area contributed by atoms with Crippen molar-refractivity contribution in [3.8, 4) is 10.4 Å². The fraction of sp³-hybridized carbons (Fsp3) is 0.0909. The zero-order valence-corrected chi connectivity index (χ0v) is 9.94. The normalized spacial score (nSPS) is 10.4. The second-order valence-corrected chi connectivity index (χ2v) is 4.82. The lowest BCUT2D eigenvalue weighted by atomic mass is 10.1. The molecule has 2 rings (SSSR count). The molecular weight excluding hydrogens is 258 g/mol. The quantitative estimate of drug-likeness (QED) is 0.884. The Balaban J connectivity index is 2.44. The molecule has 0 aliphatic carbocycles. The molecule has 0 aliphatic rings. The molecule has 2 N–H and O–H groups in total. The Labute approximate surface area is 95.7 Å². The Morgan fingerprint density at radius 2 is 1.86 bits per heavy atom. The van der Waals surface area contributed by atoms with E-state index in [0.717, 1.165) is 4.47 Å². The van der Waals surface area contributed by atoms with Gasteiger partial charge in [-0.25, -0.2) is 0 Å². The number of halogens is 1. The van der Waals surface area contributed by atoms with Crippen LogP contribution in [0.25, 0.3) is 10.4 Å². The molecule has 1 nitrogen and oxygen atoms in total. The molecule has 0 fully saturated rings. The molecule has 0 atom stereocenters. The van der Waals surface area contributed by atoms with Crippen molar-refractivity contribution in [1.82, 2.24) is 0 Å². The largest absolute Gasteiger partial charge is 0.326 e. The monoisotopic (exact) mass is 267 g/mol. The van der Waals surface area contributed by atoms with Crippen LogP contribution in [-0.4, -0.2) is 0 Å². The highest BCUT2D eigenvalue weighted by molar-refractivity contribution is 9.10. The van der Waals surface area contributed by atoms with Crippen molar-refractivity contribution in [2.75, 3.05) is 0 Å². The fourth-order valence-corrected chi connectivity index (χ4v) is 2.56. The first-order valence-corrected chi connectivity index (χ1v) is 6.01. The van der Waals surface area contributed by atoms with Crippen LogP contribution < -0.4 is 5.73 Å². The fourth-order valence-electron chi connectivity index (χ4n) is 1.35. The molecule has 0 aliphatic heterocycles. The van der Waals surface area contributed by atoms with E-state index in [4.69, 9.17) is 5.73 Å². The molecule has 14 heavy (non-hydrogen) atoms. The van der Waals surface area contributed by atoms with Gasteiger partial charge in [0.1, 0.15) is 0 Å². The summed E-state index contributed by atoms with van der Waals surface area (Å²) < 4.78 is 1.10. The third-order valence-electron chi connectivity index (χ3n) is 2.07. The molecule has 0 saturated heterocycles. The Morgan fingerprint density at radius 3 is 2.50 bits per heavy atom. The zero-order chi connectivity index (χ0) is 9.97. The van der Waals surface area contributed by atoms with Gasteiger partial charge in [-0.3, -0.25) is 0 Å². The second kappa shape index (κ2) is 4.26. The van der Waals surface area contributed by atoms with Gasteiger partial charge in [-0.1, -0.05) is 28.1 Å². The topological polar surface area (TPSA) is 26.0 Å². The Hall–Kier alpha value is -0.640. The van der Waals surface area contributed by atoms with E-state index in [2.05, 4.69) is 51.6 Å². The predicted octanol–water partition coefficient (Wildman–Crippen LogP) is 3.64. The summed E-state index contributed by atoms with van der Waals surface area (Å²) in [7, 11) is 0. The maximum Gasteiger partial charge on any atom is 0.0387 e. The summed E-state index contributed by atoms with van der Waals surface area (Å²) >= 11 is 5.16. The standard InChI is InChI=1S/C11H10BrNS/c12-10-3-1-8(2-4-10)11-9(7-13)5-6-14-11/h1-6H,7,13H2. The van der Waals surface area contributed by atoms with E-state index >= 15 is 0 Å². The molecule has 0 bridgehead atoms. The molecule has 3 heteroatoms. The van der Waals surface area contributed by atoms with Crippen molar-refractivity contribution in [2.24, 2.45) is 5.73 Å². The molecule has 0 unspecified atom stereocenters. The molecule has 0 spiro atoms. The van der Waals surface area contributed by atoms with Crippen LogP contribution in [-0.2, 0) is 6.54 Å². The van der Waals surface area contributed by atoms with Crippen LogP contribution >= 0.6 is 27.3 Å². The smallest absolute Gasteiger partial charge is 0.0387 e. The molecule has 1 aromatic carbocycles. The van der Waals surface area contributed by atoms with Gasteiger partial charge in [0.25, 0.3) is 0 Å². The lowest BCUT2D eigenvalue weighted by Gasteiger charge is -2.01. The van der Waals surface area contributed by atoms with Crippen LogP contribution in [0.4, 0.5) is 0 Å². The van der Waals surface area contributed by atoms with Crippen LogP contribution in [0.15, 0.2) is 40.2 Å². The van der Waals surface area contributed by atoms with E-state index in [1.54, 1.807) is 11.3 Å². The average molecular weight is 268 g/mol. The average Bonchev–Trinajstić information content (AvgIpc) is 2.67. The molecule has 0 amide bonds. The zero-order valence-electron chi connectivity index (χ0n) is 7.53. The highest BCUT2D eigenvalue weighted by atomic mass is 79.9. The maximum atomic E-state index is 5.66. The maximum absolute atomic E-state index is 5.66. The van der Waals surface area contributed by atoms with Crippen molar-refractivity contribution in [3.63, 3.8) is 0 Å². The molecular formula is C11H10BrNS. The summed E-state index contributed by atoms with van der Waals surface area (Å²) in [5.74, 6) is 0. The number of hydrogen-bond acceptors (Lipinski definition) is 2. The van der Waals surface area contributed by atoms with E-state index in [-0.39, 0.29) is 0 Å². The van der Waals surface area contributed by atoms with Crippen molar-refractivity contribution < 1.29 is 0 Å². The first-order valence-electron chi connectivity index (χ1n) is 4.33. The first kappa shape index (κ1) is 9.90. The Morgan fingerprint density at radius 1 is 1.14 bits per heavy atom. The van der Waals surface area contributed by atoms with E-state index in [1.807, 2.05) is 0 Å². The van der Waals surface area contributed by atoms with Crippen LogP contribution in [0.2, 0.25) is 0 Å². The number of nitrogens with two attached hydrogens (primary N) is 1. The summed E-state index contributed by atoms with van der Waals surface area (Å²) in [4.78, 5) is 1.28. The van der Waals surface area contributed by atoms with E-state index in [0.29, 0.717) is 6.54 Å². The van der Waals surface area contributed by atoms with Gasteiger partial charge in [-0.2, -0.15) is 0 Å². The van der Waals surface area contributed by atoms with Gasteiger partial charge in [-0.15, -0.1) is 11.3 Å². The third-order valence-corrected chi connectivity index (χ3v) is 3.61. The Kier molecular flexibility index (Phi) is 3.01. The first-order chi connectivity index (χ1) is 6.81. The van der Waals surface area contributed by atoms with Gasteiger partial charge >= 0.3 is 0 Å². The van der Waals surface area contributed by atoms with Crippen LogP contribution in [0.5, 0.6) is 0 Å². The van der Waals surface area contributed by atoms with Crippen LogP contribution in [0, 0.1) is 0 Å². The summed E-state index contributed by atoms with van der Waals surface area (Å²) in [5.41, 5.74) is 8.12. The van der Waals surface area contributed by atoms with Gasteiger partial charge < -0.3 is 5.73 Å². The summed E-state index contributed by atoms with van der Waals surface area (Å²) in [6, 6.07) is 10.4. The summed E-state index contributed by atoms with van der Waals surface area (Å²) in [6.07, 6.45) is 0. The summed E-state index contributed by atoms with van der Waals surface area (Å²) in [5, 5.41) is 2.08. The van der Waals surface area contributed by atoms with Crippen molar-refractivity contribution >= 4 is 27.3 Å². The van der Waals surface area contributed by atoms with Gasteiger partial charge in [0.2, 0.25) is 0 Å². The number of hydrogen-bond donors (Lipinski definition) is 1. The van der Waals surface area contributed by atoms with Gasteiger partial charge in [0, 0.05) is 15.9 Å². The third kappa shape index (κ3) is 1.90. The minimum absolute atomic E-state index is 0.606. The summed E-state index contributed by atoms with van der Waals surface area (Å²) in [6.45, 7) is 0.606.